The summed E-state index contributed by atoms with van der Waals surface area (Å²) in [7, 11) is 0. The van der Waals surface area contributed by atoms with Gasteiger partial charge in [-0.3, -0.25) is 19.4 Å². The summed E-state index contributed by atoms with van der Waals surface area (Å²) in [6.07, 6.45) is 2.23. The van der Waals surface area contributed by atoms with Crippen LogP contribution in [0.5, 0.6) is 0 Å². The van der Waals surface area contributed by atoms with Crippen LogP contribution in [0.2, 0.25) is 0 Å². The molecule has 1 saturated heterocycles. The lowest BCUT2D eigenvalue weighted by atomic mass is 10.0. The summed E-state index contributed by atoms with van der Waals surface area (Å²) >= 11 is 0. The first-order valence-corrected chi connectivity index (χ1v) is 10.6. The molecule has 1 heterocycles. The average Bonchev–Trinajstić information content (AvgIpc) is 3.55. The Morgan fingerprint density at radius 1 is 0.929 bits per heavy atom. The predicted octanol–water partition coefficient (Wildman–Crippen LogP) is 1.58. The molecule has 1 aromatic rings. The minimum Gasteiger partial charge on any atom is -0.354 e. The van der Waals surface area contributed by atoms with Crippen LogP contribution in [-0.4, -0.2) is 72.5 Å². The number of nitrogens with one attached hydrogen (secondary N) is 2. The molecule has 154 valence electrons. The smallest absolute Gasteiger partial charge is 0.237 e. The topological polar surface area (TPSA) is 64.7 Å². The largest absolute Gasteiger partial charge is 0.354 e. The highest BCUT2D eigenvalue weighted by molar-refractivity contribution is 5.82. The lowest BCUT2D eigenvalue weighted by molar-refractivity contribution is -0.129. The molecule has 3 atom stereocenters. The summed E-state index contributed by atoms with van der Waals surface area (Å²) < 4.78 is 0. The molecule has 0 bridgehead atoms. The molecule has 28 heavy (non-hydrogen) atoms. The van der Waals surface area contributed by atoms with Gasteiger partial charge in [0, 0.05) is 38.8 Å². The van der Waals surface area contributed by atoms with Crippen molar-refractivity contribution in [3.63, 3.8) is 0 Å². The molecule has 1 aliphatic heterocycles. The Morgan fingerprint density at radius 3 is 2.00 bits per heavy atom. The van der Waals surface area contributed by atoms with Gasteiger partial charge in [0.25, 0.3) is 0 Å². The fraction of sp³-hybridized carbons (Fsp3) is 0.636. The van der Waals surface area contributed by atoms with Crippen molar-refractivity contribution in [2.45, 2.75) is 57.7 Å². The van der Waals surface area contributed by atoms with E-state index < -0.39 is 0 Å². The SMILES string of the molecule is CC(CNC(=O)C(C)N1CCN(C(C)C(=O)NC2CC2)CC1)c1ccccc1. The fourth-order valence-corrected chi connectivity index (χ4v) is 3.69. The molecule has 2 amide bonds. The zero-order valence-electron chi connectivity index (χ0n) is 17.4. The molecule has 1 saturated carbocycles. The highest BCUT2D eigenvalue weighted by Crippen LogP contribution is 2.19. The van der Waals surface area contributed by atoms with Gasteiger partial charge in [-0.2, -0.15) is 0 Å². The summed E-state index contributed by atoms with van der Waals surface area (Å²) in [4.78, 5) is 29.3. The summed E-state index contributed by atoms with van der Waals surface area (Å²) in [6, 6.07) is 10.4. The molecule has 2 fully saturated rings. The van der Waals surface area contributed by atoms with Crippen LogP contribution in [0.15, 0.2) is 30.3 Å². The first-order chi connectivity index (χ1) is 13.5. The van der Waals surface area contributed by atoms with E-state index in [2.05, 4.69) is 39.5 Å². The van der Waals surface area contributed by atoms with Crippen LogP contribution in [0.1, 0.15) is 45.1 Å². The number of hydrogen-bond donors (Lipinski definition) is 2. The van der Waals surface area contributed by atoms with Crippen LogP contribution in [0.4, 0.5) is 0 Å². The molecule has 1 aliphatic carbocycles. The normalized spacial score (nSPS) is 21.5. The number of hydrogen-bond acceptors (Lipinski definition) is 4. The number of piperazine rings is 1. The second kappa shape index (κ2) is 9.52. The molecule has 3 unspecified atom stereocenters. The van der Waals surface area contributed by atoms with Gasteiger partial charge in [0.1, 0.15) is 0 Å². The number of carbonyl (C=O) groups is 2. The Kier molecular flexibility index (Phi) is 7.08. The number of carbonyl (C=O) groups excluding carboxylic acids is 2. The standard InChI is InChI=1S/C22H34N4O2/c1-16(19-7-5-4-6-8-19)15-23-21(27)17(2)25-11-13-26(14-12-25)18(3)22(28)24-20-9-10-20/h4-8,16-18,20H,9-15H2,1-3H3,(H,23,27)(H,24,28). The fourth-order valence-electron chi connectivity index (χ4n) is 3.69. The Hall–Kier alpha value is -1.92. The molecule has 0 radical (unpaired) electrons. The lowest BCUT2D eigenvalue weighted by Crippen LogP contribution is -2.57. The van der Waals surface area contributed by atoms with Gasteiger partial charge in [0.15, 0.2) is 0 Å². The van der Waals surface area contributed by atoms with Crippen LogP contribution in [0, 0.1) is 0 Å². The first kappa shape index (κ1) is 20.8. The Labute approximate surface area is 168 Å². The number of nitrogens with zero attached hydrogens (tertiary/aromatic N) is 2. The summed E-state index contributed by atoms with van der Waals surface area (Å²) in [5.41, 5.74) is 1.24. The lowest BCUT2D eigenvalue weighted by Gasteiger charge is -2.39. The minimum absolute atomic E-state index is 0.0794. The summed E-state index contributed by atoms with van der Waals surface area (Å²) in [5.74, 6) is 0.507. The van der Waals surface area contributed by atoms with Gasteiger partial charge in [-0.1, -0.05) is 37.3 Å². The predicted molar refractivity (Wildman–Crippen MR) is 111 cm³/mol. The van der Waals surface area contributed by atoms with Gasteiger partial charge in [0.05, 0.1) is 12.1 Å². The average molecular weight is 387 g/mol. The number of rotatable bonds is 8. The molecule has 0 spiro atoms. The minimum atomic E-state index is -0.152. The summed E-state index contributed by atoms with van der Waals surface area (Å²) in [5, 5.41) is 6.19. The van der Waals surface area contributed by atoms with Gasteiger partial charge in [0.2, 0.25) is 11.8 Å². The van der Waals surface area contributed by atoms with Gasteiger partial charge in [-0.15, -0.1) is 0 Å². The number of amides is 2. The van der Waals surface area contributed by atoms with Crippen molar-refractivity contribution in [2.24, 2.45) is 0 Å². The number of benzene rings is 1. The van der Waals surface area contributed by atoms with E-state index in [1.54, 1.807) is 0 Å². The molecule has 2 aliphatic rings. The van der Waals surface area contributed by atoms with Crippen LogP contribution in [-0.2, 0) is 9.59 Å². The Balaban J connectivity index is 1.40. The maximum absolute atomic E-state index is 12.6. The van der Waals surface area contributed by atoms with E-state index in [0.717, 1.165) is 39.0 Å². The van der Waals surface area contributed by atoms with Crippen molar-refractivity contribution in [3.05, 3.63) is 35.9 Å². The van der Waals surface area contributed by atoms with E-state index in [1.807, 2.05) is 32.0 Å². The second-order valence-corrected chi connectivity index (χ2v) is 8.26. The van der Waals surface area contributed by atoms with Gasteiger partial charge >= 0.3 is 0 Å². The van der Waals surface area contributed by atoms with E-state index in [1.165, 1.54) is 5.56 Å². The third-order valence-electron chi connectivity index (χ3n) is 6.08. The van der Waals surface area contributed by atoms with E-state index in [-0.39, 0.29) is 23.9 Å². The third-order valence-corrected chi connectivity index (χ3v) is 6.08. The van der Waals surface area contributed by atoms with Crippen LogP contribution in [0.3, 0.4) is 0 Å². The van der Waals surface area contributed by atoms with E-state index in [9.17, 15) is 9.59 Å². The van der Waals surface area contributed by atoms with E-state index in [0.29, 0.717) is 18.5 Å². The first-order valence-electron chi connectivity index (χ1n) is 10.6. The van der Waals surface area contributed by atoms with Gasteiger partial charge in [-0.25, -0.2) is 0 Å². The van der Waals surface area contributed by atoms with E-state index in [4.69, 9.17) is 0 Å². The Morgan fingerprint density at radius 2 is 1.46 bits per heavy atom. The molecular formula is C22H34N4O2. The Bertz CT molecular complexity index is 654. The molecule has 1 aromatic carbocycles. The maximum Gasteiger partial charge on any atom is 0.237 e. The zero-order valence-corrected chi connectivity index (χ0v) is 17.4. The van der Waals surface area contributed by atoms with Crippen LogP contribution in [0.25, 0.3) is 0 Å². The third kappa shape index (κ3) is 5.55. The second-order valence-electron chi connectivity index (χ2n) is 8.26. The van der Waals surface area contributed by atoms with Crippen molar-refractivity contribution in [1.29, 1.82) is 0 Å². The van der Waals surface area contributed by atoms with Gasteiger partial charge < -0.3 is 10.6 Å². The molecule has 3 rings (SSSR count). The molecule has 6 heteroatoms. The molecule has 6 nitrogen and oxygen atoms in total. The molecule has 2 N–H and O–H groups in total. The quantitative estimate of drug-likeness (QED) is 0.712. The summed E-state index contributed by atoms with van der Waals surface area (Å²) in [6.45, 7) is 9.98. The van der Waals surface area contributed by atoms with Crippen molar-refractivity contribution in [1.82, 2.24) is 20.4 Å². The highest BCUT2D eigenvalue weighted by Gasteiger charge is 2.32. The van der Waals surface area contributed by atoms with Crippen molar-refractivity contribution >= 4 is 11.8 Å². The van der Waals surface area contributed by atoms with E-state index >= 15 is 0 Å². The van der Waals surface area contributed by atoms with Crippen LogP contribution < -0.4 is 10.6 Å². The maximum atomic E-state index is 12.6. The van der Waals surface area contributed by atoms with Crippen molar-refractivity contribution < 1.29 is 9.59 Å². The monoisotopic (exact) mass is 386 g/mol. The van der Waals surface area contributed by atoms with Gasteiger partial charge in [-0.05, 0) is 38.2 Å². The van der Waals surface area contributed by atoms with Crippen molar-refractivity contribution in [3.8, 4) is 0 Å². The zero-order chi connectivity index (χ0) is 20.1. The highest BCUT2D eigenvalue weighted by atomic mass is 16.2. The van der Waals surface area contributed by atoms with Crippen LogP contribution >= 0.6 is 0 Å². The molecule has 0 aromatic heterocycles. The van der Waals surface area contributed by atoms with Crippen molar-refractivity contribution in [2.75, 3.05) is 32.7 Å². The molecular weight excluding hydrogens is 352 g/mol.